The van der Waals surface area contributed by atoms with Crippen molar-refractivity contribution in [2.75, 3.05) is 20.8 Å². The van der Waals surface area contributed by atoms with E-state index in [4.69, 9.17) is 18.9 Å². The zero-order valence-corrected chi connectivity index (χ0v) is 17.3. The summed E-state index contributed by atoms with van der Waals surface area (Å²) < 4.78 is 22.4. The maximum atomic E-state index is 11.9. The molecule has 1 aliphatic rings. The van der Waals surface area contributed by atoms with Crippen LogP contribution in [0.1, 0.15) is 36.7 Å². The third kappa shape index (κ3) is 4.29. The summed E-state index contributed by atoms with van der Waals surface area (Å²) in [4.78, 5) is 23.2. The van der Waals surface area contributed by atoms with Crippen molar-refractivity contribution in [1.29, 1.82) is 0 Å². The minimum absolute atomic E-state index is 0.0709. The average molecular weight is 399 g/mol. The highest BCUT2D eigenvalue weighted by Crippen LogP contribution is 2.45. The molecule has 0 atom stereocenters. The summed E-state index contributed by atoms with van der Waals surface area (Å²) in [6, 6.07) is 9.31. The number of nitrogens with one attached hydrogen (secondary N) is 1. The van der Waals surface area contributed by atoms with Crippen LogP contribution in [0.5, 0.6) is 17.2 Å². The van der Waals surface area contributed by atoms with Crippen LogP contribution in [0.4, 0.5) is 0 Å². The molecular weight excluding hydrogens is 374 g/mol. The lowest BCUT2D eigenvalue weighted by molar-refractivity contribution is -0.156. The van der Waals surface area contributed by atoms with Crippen LogP contribution in [0.3, 0.4) is 0 Å². The first-order chi connectivity index (χ1) is 13.8. The molecule has 1 heterocycles. The Bertz CT molecular complexity index is 951. The molecule has 1 amide bonds. The van der Waals surface area contributed by atoms with Gasteiger partial charge in [-0.2, -0.15) is 0 Å². The first-order valence-electron chi connectivity index (χ1n) is 9.24. The Labute approximate surface area is 169 Å². The Morgan fingerprint density at radius 3 is 2.45 bits per heavy atom. The molecule has 0 spiro atoms. The van der Waals surface area contributed by atoms with Gasteiger partial charge in [0, 0.05) is 24.6 Å². The van der Waals surface area contributed by atoms with E-state index in [0.717, 1.165) is 16.7 Å². The summed E-state index contributed by atoms with van der Waals surface area (Å²) in [6.45, 7) is 5.51. The highest BCUT2D eigenvalue weighted by atomic mass is 16.6. The van der Waals surface area contributed by atoms with E-state index in [-0.39, 0.29) is 18.5 Å². The molecule has 0 saturated heterocycles. The minimum atomic E-state index is -0.828. The minimum Gasteiger partial charge on any atom is -0.493 e. The van der Waals surface area contributed by atoms with E-state index in [2.05, 4.69) is 5.32 Å². The summed E-state index contributed by atoms with van der Waals surface area (Å²) in [6.07, 6.45) is 0. The Balaban J connectivity index is 2.03. The Morgan fingerprint density at radius 1 is 1.07 bits per heavy atom. The molecule has 2 aromatic carbocycles. The van der Waals surface area contributed by atoms with E-state index in [0.29, 0.717) is 29.4 Å². The molecule has 3 rings (SSSR count). The van der Waals surface area contributed by atoms with Crippen molar-refractivity contribution in [3.8, 4) is 28.4 Å². The number of carbonyl (C=O) groups excluding carboxylic acids is 2. The fraction of sp³-hybridized carbons (Fsp3) is 0.364. The topological polar surface area (TPSA) is 83.1 Å². The molecule has 0 aliphatic carbocycles. The molecule has 154 valence electrons. The predicted molar refractivity (Wildman–Crippen MR) is 107 cm³/mol. The van der Waals surface area contributed by atoms with Gasteiger partial charge >= 0.3 is 5.97 Å². The van der Waals surface area contributed by atoms with Crippen molar-refractivity contribution in [2.24, 2.45) is 0 Å². The number of carbonyl (C=O) groups is 2. The van der Waals surface area contributed by atoms with Crippen molar-refractivity contribution in [1.82, 2.24) is 5.32 Å². The molecule has 0 saturated carbocycles. The van der Waals surface area contributed by atoms with Crippen molar-refractivity contribution in [3.63, 3.8) is 0 Å². The Kier molecular flexibility index (Phi) is 5.68. The Hall–Kier alpha value is -3.22. The number of hydrogen-bond acceptors (Lipinski definition) is 6. The van der Waals surface area contributed by atoms with E-state index in [1.165, 1.54) is 14.0 Å². The van der Waals surface area contributed by atoms with Gasteiger partial charge in [0.2, 0.25) is 5.75 Å². The van der Waals surface area contributed by atoms with Gasteiger partial charge in [-0.3, -0.25) is 9.59 Å². The number of benzene rings is 2. The SMILES string of the molecule is COc1ccc(-c2ccc3c(c2)CNC3=O)c(OCC(C)(C)OC(C)=O)c1OC. The van der Waals surface area contributed by atoms with E-state index in [1.54, 1.807) is 33.1 Å². The first kappa shape index (κ1) is 20.5. The van der Waals surface area contributed by atoms with Gasteiger partial charge in [0.05, 0.1) is 14.2 Å². The fourth-order valence-corrected chi connectivity index (χ4v) is 3.33. The molecule has 2 aromatic rings. The molecule has 7 nitrogen and oxygen atoms in total. The monoisotopic (exact) mass is 399 g/mol. The number of hydrogen-bond donors (Lipinski definition) is 1. The molecule has 0 fully saturated rings. The zero-order valence-electron chi connectivity index (χ0n) is 17.3. The van der Waals surface area contributed by atoms with Crippen LogP contribution >= 0.6 is 0 Å². The Morgan fingerprint density at radius 2 is 1.79 bits per heavy atom. The van der Waals surface area contributed by atoms with Gasteiger partial charge in [0.15, 0.2) is 11.5 Å². The van der Waals surface area contributed by atoms with Gasteiger partial charge in [-0.1, -0.05) is 6.07 Å². The van der Waals surface area contributed by atoms with E-state index in [1.807, 2.05) is 18.2 Å². The number of ether oxygens (including phenoxy) is 4. The van der Waals surface area contributed by atoms with Crippen LogP contribution in [0.25, 0.3) is 11.1 Å². The summed E-state index contributed by atoms with van der Waals surface area (Å²) in [5.41, 5.74) is 2.43. The number of rotatable bonds is 7. The third-order valence-corrected chi connectivity index (χ3v) is 4.58. The van der Waals surface area contributed by atoms with Crippen LogP contribution in [-0.4, -0.2) is 38.3 Å². The quantitative estimate of drug-likeness (QED) is 0.719. The zero-order chi connectivity index (χ0) is 21.2. The van der Waals surface area contributed by atoms with Gasteiger partial charge in [-0.05, 0) is 49.2 Å². The second kappa shape index (κ2) is 8.03. The van der Waals surface area contributed by atoms with Crippen LogP contribution in [-0.2, 0) is 16.1 Å². The van der Waals surface area contributed by atoms with Crippen molar-refractivity contribution >= 4 is 11.9 Å². The molecule has 0 aromatic heterocycles. The molecule has 29 heavy (non-hydrogen) atoms. The number of amides is 1. The summed E-state index contributed by atoms with van der Waals surface area (Å²) in [5.74, 6) is 0.989. The number of fused-ring (bicyclic) bond motifs is 1. The molecule has 1 aliphatic heterocycles. The maximum Gasteiger partial charge on any atom is 0.303 e. The lowest BCUT2D eigenvalue weighted by Crippen LogP contribution is -2.34. The van der Waals surface area contributed by atoms with Crippen molar-refractivity contribution < 1.29 is 28.5 Å². The van der Waals surface area contributed by atoms with Crippen LogP contribution < -0.4 is 19.5 Å². The molecule has 0 bridgehead atoms. The lowest BCUT2D eigenvalue weighted by atomic mass is 9.99. The van der Waals surface area contributed by atoms with E-state index < -0.39 is 5.60 Å². The number of esters is 1. The molecule has 1 N–H and O–H groups in total. The van der Waals surface area contributed by atoms with Gasteiger partial charge in [-0.15, -0.1) is 0 Å². The van der Waals surface area contributed by atoms with E-state index >= 15 is 0 Å². The summed E-state index contributed by atoms with van der Waals surface area (Å²) >= 11 is 0. The maximum absolute atomic E-state index is 11.9. The fourth-order valence-electron chi connectivity index (χ4n) is 3.33. The van der Waals surface area contributed by atoms with E-state index in [9.17, 15) is 9.59 Å². The van der Waals surface area contributed by atoms with Crippen LogP contribution in [0.2, 0.25) is 0 Å². The van der Waals surface area contributed by atoms with Crippen LogP contribution in [0.15, 0.2) is 30.3 Å². The molecule has 7 heteroatoms. The lowest BCUT2D eigenvalue weighted by Gasteiger charge is -2.26. The summed E-state index contributed by atoms with van der Waals surface area (Å²) in [5, 5.41) is 2.82. The molecule has 0 radical (unpaired) electrons. The highest BCUT2D eigenvalue weighted by Gasteiger charge is 2.26. The third-order valence-electron chi connectivity index (χ3n) is 4.58. The normalized spacial score (nSPS) is 12.8. The molecule has 0 unspecified atom stereocenters. The average Bonchev–Trinajstić information content (AvgIpc) is 3.04. The van der Waals surface area contributed by atoms with Crippen LogP contribution in [0, 0.1) is 0 Å². The smallest absolute Gasteiger partial charge is 0.303 e. The van der Waals surface area contributed by atoms with Gasteiger partial charge in [-0.25, -0.2) is 0 Å². The molecular formula is C22H25NO6. The second-order valence-electron chi connectivity index (χ2n) is 7.37. The highest BCUT2D eigenvalue weighted by molar-refractivity contribution is 5.99. The van der Waals surface area contributed by atoms with Crippen molar-refractivity contribution in [2.45, 2.75) is 32.9 Å². The second-order valence-corrected chi connectivity index (χ2v) is 7.37. The van der Waals surface area contributed by atoms with Gasteiger partial charge in [0.1, 0.15) is 12.2 Å². The van der Waals surface area contributed by atoms with Gasteiger partial charge < -0.3 is 24.3 Å². The van der Waals surface area contributed by atoms with Crippen molar-refractivity contribution in [3.05, 3.63) is 41.5 Å². The predicted octanol–water partition coefficient (Wildman–Crippen LogP) is 3.33. The standard InChI is InChI=1S/C22H25NO6/c1-13(24)29-22(2,3)12-28-19-16(8-9-18(26-4)20(19)27-5)14-6-7-17-15(10-14)11-23-21(17)25/h6-10H,11-12H2,1-5H3,(H,23,25). The summed E-state index contributed by atoms with van der Waals surface area (Å²) in [7, 11) is 3.09. The van der Waals surface area contributed by atoms with Gasteiger partial charge in [0.25, 0.3) is 5.91 Å². The first-order valence-corrected chi connectivity index (χ1v) is 9.24. The largest absolute Gasteiger partial charge is 0.493 e. The number of methoxy groups -OCH3 is 2.